The number of halogens is 1. The van der Waals surface area contributed by atoms with Crippen molar-refractivity contribution in [2.24, 2.45) is 4.99 Å². The summed E-state index contributed by atoms with van der Waals surface area (Å²) in [5.74, 6) is 0. The molecule has 96 valence electrons. The molecule has 0 bridgehead atoms. The monoisotopic (exact) mass is 345 g/mol. The van der Waals surface area contributed by atoms with Gasteiger partial charge in [0.15, 0.2) is 9.84 Å². The molecule has 0 aliphatic heterocycles. The van der Waals surface area contributed by atoms with Crippen LogP contribution in [0.1, 0.15) is 0 Å². The highest BCUT2D eigenvalue weighted by molar-refractivity contribution is 9.10. The SMILES string of the molecule is C=C/C(=C/SCS(=O)(=O)c1ccc(Br)cc1)N=C. The van der Waals surface area contributed by atoms with Crippen molar-refractivity contribution >= 4 is 44.2 Å². The molecule has 0 N–H and O–H groups in total. The molecule has 0 aliphatic carbocycles. The molecule has 0 fully saturated rings. The van der Waals surface area contributed by atoms with E-state index in [1.165, 1.54) is 6.08 Å². The fraction of sp³-hybridized carbons (Fsp3) is 0.0833. The van der Waals surface area contributed by atoms with Gasteiger partial charge in [-0.3, -0.25) is 4.99 Å². The Hall–Kier alpha value is -0.850. The van der Waals surface area contributed by atoms with Crippen LogP contribution in [0, 0.1) is 0 Å². The first-order valence-corrected chi connectivity index (χ1v) is 8.38. The van der Waals surface area contributed by atoms with Gasteiger partial charge < -0.3 is 0 Å². The van der Waals surface area contributed by atoms with Crippen LogP contribution >= 0.6 is 27.7 Å². The highest BCUT2D eigenvalue weighted by atomic mass is 79.9. The third kappa shape index (κ3) is 4.44. The Morgan fingerprint density at radius 1 is 1.39 bits per heavy atom. The van der Waals surface area contributed by atoms with Gasteiger partial charge in [0.25, 0.3) is 0 Å². The largest absolute Gasteiger partial charge is 0.264 e. The van der Waals surface area contributed by atoms with Crippen LogP contribution in [-0.2, 0) is 9.84 Å². The highest BCUT2D eigenvalue weighted by Gasteiger charge is 2.13. The quantitative estimate of drug-likeness (QED) is 0.584. The number of nitrogens with zero attached hydrogens (tertiary/aromatic N) is 1. The molecule has 6 heteroatoms. The number of thioether (sulfide) groups is 1. The minimum absolute atomic E-state index is 0.0402. The van der Waals surface area contributed by atoms with Crippen molar-refractivity contribution in [1.29, 1.82) is 0 Å². The number of hydrogen-bond donors (Lipinski definition) is 0. The lowest BCUT2D eigenvalue weighted by Gasteiger charge is -2.02. The van der Waals surface area contributed by atoms with Gasteiger partial charge in [-0.15, -0.1) is 11.8 Å². The van der Waals surface area contributed by atoms with Crippen LogP contribution in [0.2, 0.25) is 0 Å². The van der Waals surface area contributed by atoms with Crippen molar-refractivity contribution < 1.29 is 8.42 Å². The van der Waals surface area contributed by atoms with Crippen molar-refractivity contribution in [3.63, 3.8) is 0 Å². The Morgan fingerprint density at radius 2 is 2.00 bits per heavy atom. The molecule has 1 rings (SSSR count). The second-order valence-electron chi connectivity index (χ2n) is 3.26. The van der Waals surface area contributed by atoms with Gasteiger partial charge in [-0.1, -0.05) is 22.5 Å². The molecule has 0 aromatic heterocycles. The van der Waals surface area contributed by atoms with Crippen molar-refractivity contribution in [1.82, 2.24) is 0 Å². The minimum Gasteiger partial charge on any atom is -0.264 e. The first-order valence-electron chi connectivity index (χ1n) is 4.89. The van der Waals surface area contributed by atoms with Gasteiger partial charge in [0.2, 0.25) is 0 Å². The molecule has 3 nitrogen and oxygen atoms in total. The lowest BCUT2D eigenvalue weighted by Crippen LogP contribution is -2.03. The standard InChI is InChI=1S/C12H12BrNO2S2/c1-3-11(14-2)8-17-9-18(15,16)12-6-4-10(13)5-7-12/h3-8H,1-2,9H2/b11-8-. The van der Waals surface area contributed by atoms with Gasteiger partial charge in [-0.05, 0) is 42.5 Å². The molecule has 0 spiro atoms. The van der Waals surface area contributed by atoms with Gasteiger partial charge >= 0.3 is 0 Å². The van der Waals surface area contributed by atoms with Crippen molar-refractivity contribution in [3.05, 3.63) is 52.5 Å². The van der Waals surface area contributed by atoms with E-state index in [0.29, 0.717) is 10.6 Å². The van der Waals surface area contributed by atoms with Crippen LogP contribution in [0.5, 0.6) is 0 Å². The summed E-state index contributed by atoms with van der Waals surface area (Å²) in [7, 11) is -3.29. The fourth-order valence-corrected chi connectivity index (χ4v) is 3.76. The Kier molecular flexibility index (Phi) is 5.84. The molecule has 0 radical (unpaired) electrons. The normalized spacial score (nSPS) is 12.2. The van der Waals surface area contributed by atoms with Crippen molar-refractivity contribution in [2.45, 2.75) is 4.90 Å². The van der Waals surface area contributed by atoms with Crippen molar-refractivity contribution in [3.8, 4) is 0 Å². The van der Waals surface area contributed by atoms with Crippen LogP contribution in [0.3, 0.4) is 0 Å². The minimum atomic E-state index is -3.29. The smallest absolute Gasteiger partial charge is 0.187 e. The van der Waals surface area contributed by atoms with E-state index in [1.807, 2.05) is 0 Å². The summed E-state index contributed by atoms with van der Waals surface area (Å²) in [5, 5.41) is 1.58. The average Bonchev–Trinajstić information content (AvgIpc) is 2.35. The number of benzene rings is 1. The molecule has 0 amide bonds. The molecule has 0 saturated carbocycles. The number of rotatable bonds is 6. The molecule has 0 heterocycles. The molecule has 1 aromatic rings. The number of aliphatic imine (C=N–C) groups is 1. The predicted octanol–water partition coefficient (Wildman–Crippen LogP) is 3.64. The number of hydrogen-bond acceptors (Lipinski definition) is 4. The van der Waals surface area contributed by atoms with E-state index < -0.39 is 9.84 Å². The van der Waals surface area contributed by atoms with Crippen LogP contribution in [0.15, 0.2) is 62.4 Å². The predicted molar refractivity (Wildman–Crippen MR) is 81.6 cm³/mol. The lowest BCUT2D eigenvalue weighted by molar-refractivity contribution is 0.601. The van der Waals surface area contributed by atoms with E-state index in [-0.39, 0.29) is 5.08 Å². The molecule has 0 unspecified atom stereocenters. The Balaban J connectivity index is 2.77. The summed E-state index contributed by atoms with van der Waals surface area (Å²) in [6.45, 7) is 6.90. The molecular formula is C12H12BrNO2S2. The molecular weight excluding hydrogens is 334 g/mol. The maximum absolute atomic E-state index is 12.0. The maximum atomic E-state index is 12.0. The first-order chi connectivity index (χ1) is 8.49. The summed E-state index contributed by atoms with van der Waals surface area (Å²) < 4.78 is 24.8. The molecule has 18 heavy (non-hydrogen) atoms. The second-order valence-corrected chi connectivity index (χ2v) is 7.39. The fourth-order valence-electron chi connectivity index (χ4n) is 1.07. The molecule has 1 aromatic carbocycles. The van der Waals surface area contributed by atoms with Crippen LogP contribution < -0.4 is 0 Å². The molecule has 0 atom stereocenters. The van der Waals surface area contributed by atoms with Crippen LogP contribution in [0.25, 0.3) is 0 Å². The van der Waals surface area contributed by atoms with E-state index in [0.717, 1.165) is 16.2 Å². The topological polar surface area (TPSA) is 46.5 Å². The summed E-state index contributed by atoms with van der Waals surface area (Å²) >= 11 is 4.41. The van der Waals surface area contributed by atoms with E-state index in [4.69, 9.17) is 0 Å². The van der Waals surface area contributed by atoms with Crippen molar-refractivity contribution in [2.75, 3.05) is 5.08 Å². The zero-order valence-corrected chi connectivity index (χ0v) is 12.8. The zero-order valence-electron chi connectivity index (χ0n) is 9.54. The van der Waals surface area contributed by atoms with Gasteiger partial charge in [-0.25, -0.2) is 8.42 Å². The van der Waals surface area contributed by atoms with E-state index in [2.05, 4.69) is 34.2 Å². The lowest BCUT2D eigenvalue weighted by atomic mass is 10.4. The van der Waals surface area contributed by atoms with Gasteiger partial charge in [0, 0.05) is 4.47 Å². The Bertz CT molecular complexity index is 552. The zero-order chi connectivity index (χ0) is 13.6. The first kappa shape index (κ1) is 15.2. The van der Waals surface area contributed by atoms with Crippen LogP contribution in [0.4, 0.5) is 0 Å². The number of allylic oxidation sites excluding steroid dienone is 1. The second kappa shape index (κ2) is 6.92. The Labute approximate surface area is 120 Å². The highest BCUT2D eigenvalue weighted by Crippen LogP contribution is 2.20. The van der Waals surface area contributed by atoms with Gasteiger partial charge in [0.05, 0.1) is 10.6 Å². The van der Waals surface area contributed by atoms with E-state index in [9.17, 15) is 8.42 Å². The third-order valence-corrected chi connectivity index (χ3v) is 5.70. The summed E-state index contributed by atoms with van der Waals surface area (Å²) in [4.78, 5) is 3.99. The van der Waals surface area contributed by atoms with Gasteiger partial charge in [-0.2, -0.15) is 0 Å². The third-order valence-electron chi connectivity index (χ3n) is 1.99. The van der Waals surface area contributed by atoms with Gasteiger partial charge in [0.1, 0.15) is 5.08 Å². The summed E-state index contributed by atoms with van der Waals surface area (Å²) in [5.41, 5.74) is 0.561. The average molecular weight is 346 g/mol. The Morgan fingerprint density at radius 3 is 2.50 bits per heavy atom. The van der Waals surface area contributed by atoms with Crippen LogP contribution in [-0.4, -0.2) is 20.2 Å². The number of sulfone groups is 1. The van der Waals surface area contributed by atoms with E-state index >= 15 is 0 Å². The maximum Gasteiger partial charge on any atom is 0.187 e. The molecule has 0 saturated heterocycles. The summed E-state index contributed by atoms with van der Waals surface area (Å²) in [6, 6.07) is 6.55. The van der Waals surface area contributed by atoms with E-state index in [1.54, 1.807) is 29.7 Å². The summed E-state index contributed by atoms with van der Waals surface area (Å²) in [6.07, 6.45) is 1.52. The molecule has 0 aliphatic rings.